The second-order valence-electron chi connectivity index (χ2n) is 8.45. The van der Waals surface area contributed by atoms with Crippen LogP contribution in [0.25, 0.3) is 11.1 Å². The molecule has 1 unspecified atom stereocenters. The van der Waals surface area contributed by atoms with E-state index < -0.39 is 34.8 Å². The fourth-order valence-electron chi connectivity index (χ4n) is 3.97. The van der Waals surface area contributed by atoms with Crippen molar-refractivity contribution >= 4 is 17.3 Å². The van der Waals surface area contributed by atoms with Crippen LogP contribution in [-0.2, 0) is 22.6 Å². The highest BCUT2D eigenvalue weighted by Crippen LogP contribution is 2.42. The van der Waals surface area contributed by atoms with Crippen molar-refractivity contribution in [3.8, 4) is 11.1 Å². The Bertz CT molecular complexity index is 1200. The Hall–Kier alpha value is -3.49. The average molecular weight is 494 g/mol. The van der Waals surface area contributed by atoms with E-state index in [4.69, 9.17) is 5.73 Å². The van der Waals surface area contributed by atoms with Crippen LogP contribution >= 0.6 is 0 Å². The van der Waals surface area contributed by atoms with Gasteiger partial charge in [0.15, 0.2) is 0 Å². The third-order valence-electron chi connectivity index (χ3n) is 6.22. The number of nitrogens with two attached hydrogens (primary N) is 1. The van der Waals surface area contributed by atoms with Gasteiger partial charge in [-0.2, -0.15) is 26.3 Å². The van der Waals surface area contributed by atoms with E-state index in [0.717, 1.165) is 0 Å². The van der Waals surface area contributed by atoms with E-state index in [1.54, 1.807) is 55.5 Å². The van der Waals surface area contributed by atoms with E-state index in [0.29, 0.717) is 34.6 Å². The number of hydrogen-bond acceptors (Lipinski definition) is 2. The summed E-state index contributed by atoms with van der Waals surface area (Å²) in [5.74, 6) is -0.658. The Morgan fingerprint density at radius 1 is 0.800 bits per heavy atom. The molecule has 3 aromatic rings. The number of nitrogens with zero attached hydrogens (tertiary/aromatic N) is 1. The van der Waals surface area contributed by atoms with Crippen LogP contribution in [0.2, 0.25) is 0 Å². The monoisotopic (exact) mass is 494 g/mol. The minimum Gasteiger partial charge on any atom is -0.398 e. The molecule has 0 aromatic heterocycles. The van der Waals surface area contributed by atoms with Gasteiger partial charge in [-0.05, 0) is 49.2 Å². The van der Waals surface area contributed by atoms with Crippen molar-refractivity contribution in [1.29, 1.82) is 0 Å². The van der Waals surface area contributed by atoms with Gasteiger partial charge in [0.05, 0.1) is 22.2 Å². The Morgan fingerprint density at radius 2 is 1.26 bits per heavy atom. The first kappa shape index (κ1) is 26.1. The molecule has 0 spiro atoms. The van der Waals surface area contributed by atoms with Crippen LogP contribution in [0.4, 0.5) is 37.7 Å². The van der Waals surface area contributed by atoms with Crippen LogP contribution in [0.1, 0.15) is 37.0 Å². The summed E-state index contributed by atoms with van der Waals surface area (Å²) in [5.41, 5.74) is 3.23. The van der Waals surface area contributed by atoms with Crippen molar-refractivity contribution in [2.75, 3.05) is 17.7 Å². The number of alkyl halides is 6. The molecule has 0 aliphatic carbocycles. The lowest BCUT2D eigenvalue weighted by atomic mass is 9.77. The van der Waals surface area contributed by atoms with Gasteiger partial charge < -0.3 is 10.6 Å². The lowest BCUT2D eigenvalue weighted by molar-refractivity contribution is -0.143. The van der Waals surface area contributed by atoms with E-state index in [1.165, 1.54) is 18.9 Å². The summed E-state index contributed by atoms with van der Waals surface area (Å²) in [6, 6.07) is 15.0. The molecule has 186 valence electrons. The molecule has 3 aromatic carbocycles. The first-order valence-corrected chi connectivity index (χ1v) is 10.7. The zero-order chi connectivity index (χ0) is 26.2. The predicted octanol–water partition coefficient (Wildman–Crippen LogP) is 7.30. The number of likely N-dealkylation sites (N-methyl/N-ethyl adjacent to an activating group) is 1. The number of rotatable bonds is 5. The quantitative estimate of drug-likeness (QED) is 0.299. The molecule has 35 heavy (non-hydrogen) atoms. The number of benzene rings is 3. The molecule has 1 atom stereocenters. The van der Waals surface area contributed by atoms with E-state index in [9.17, 15) is 31.1 Å². The highest BCUT2D eigenvalue weighted by Gasteiger charge is 2.42. The minimum absolute atomic E-state index is 0.0373. The van der Waals surface area contributed by atoms with E-state index in [-0.39, 0.29) is 18.1 Å². The Labute approximate surface area is 199 Å². The predicted molar refractivity (Wildman–Crippen MR) is 124 cm³/mol. The lowest BCUT2D eigenvalue weighted by Crippen LogP contribution is -2.43. The van der Waals surface area contributed by atoms with Crippen molar-refractivity contribution < 1.29 is 31.1 Å². The number of anilines is 2. The summed E-state index contributed by atoms with van der Waals surface area (Å²) < 4.78 is 80.7. The second kappa shape index (κ2) is 9.28. The van der Waals surface area contributed by atoms with Crippen LogP contribution in [0.3, 0.4) is 0 Å². The summed E-state index contributed by atoms with van der Waals surface area (Å²) in [5, 5.41) is 0. The van der Waals surface area contributed by atoms with Crippen LogP contribution in [0.15, 0.2) is 66.7 Å². The molecular weight excluding hydrogens is 470 g/mol. The average Bonchev–Trinajstić information content (AvgIpc) is 2.81. The van der Waals surface area contributed by atoms with E-state index >= 15 is 0 Å². The number of carbonyl (C=O) groups excluding carboxylic acids is 1. The Balaban J connectivity index is 2.15. The SMILES string of the molecule is CCC(C)(C(=O)N(C)c1ccccc1-c1ccccc1N)c1cc(C(F)(F)F)cc(C(F)(F)F)c1. The smallest absolute Gasteiger partial charge is 0.398 e. The van der Waals surface area contributed by atoms with E-state index in [2.05, 4.69) is 0 Å². The van der Waals surface area contributed by atoms with Gasteiger partial charge in [0.25, 0.3) is 0 Å². The number of hydrogen-bond donors (Lipinski definition) is 1. The number of amides is 1. The molecule has 0 heterocycles. The van der Waals surface area contributed by atoms with Gasteiger partial charge in [0, 0.05) is 23.9 Å². The Morgan fingerprint density at radius 3 is 1.74 bits per heavy atom. The second-order valence-corrected chi connectivity index (χ2v) is 8.45. The first-order valence-electron chi connectivity index (χ1n) is 10.7. The molecule has 0 aliphatic heterocycles. The Kier molecular flexibility index (Phi) is 6.93. The molecule has 0 saturated heterocycles. The van der Waals surface area contributed by atoms with Gasteiger partial charge in [-0.25, -0.2) is 0 Å². The molecule has 1 amide bonds. The number of nitrogen functional groups attached to an aromatic ring is 1. The first-order chi connectivity index (χ1) is 16.2. The molecular formula is C26H24F6N2O. The molecule has 0 radical (unpaired) electrons. The molecule has 3 rings (SSSR count). The fraction of sp³-hybridized carbons (Fsp3) is 0.269. The van der Waals surface area contributed by atoms with Gasteiger partial charge in [-0.3, -0.25) is 4.79 Å². The van der Waals surface area contributed by atoms with Gasteiger partial charge in [0.2, 0.25) is 5.91 Å². The molecule has 0 fully saturated rings. The summed E-state index contributed by atoms with van der Waals surface area (Å²) in [4.78, 5) is 15.0. The zero-order valence-electron chi connectivity index (χ0n) is 19.3. The van der Waals surface area contributed by atoms with Crippen molar-refractivity contribution in [1.82, 2.24) is 0 Å². The molecule has 0 aliphatic rings. The van der Waals surface area contributed by atoms with Crippen molar-refractivity contribution in [3.63, 3.8) is 0 Å². The fourth-order valence-corrected chi connectivity index (χ4v) is 3.97. The molecule has 0 saturated carbocycles. The van der Waals surface area contributed by atoms with Crippen LogP contribution in [0, 0.1) is 0 Å². The summed E-state index contributed by atoms with van der Waals surface area (Å²) in [7, 11) is 1.44. The van der Waals surface area contributed by atoms with Gasteiger partial charge >= 0.3 is 12.4 Å². The third kappa shape index (κ3) is 5.13. The molecule has 3 nitrogen and oxygen atoms in total. The largest absolute Gasteiger partial charge is 0.416 e. The summed E-state index contributed by atoms with van der Waals surface area (Å²) in [6.45, 7) is 2.89. The molecule has 0 bridgehead atoms. The topological polar surface area (TPSA) is 46.3 Å². The van der Waals surface area contributed by atoms with Crippen molar-refractivity contribution in [3.05, 3.63) is 83.4 Å². The van der Waals surface area contributed by atoms with Gasteiger partial charge in [0.1, 0.15) is 0 Å². The maximum atomic E-state index is 13.7. The third-order valence-corrected chi connectivity index (χ3v) is 6.22. The van der Waals surface area contributed by atoms with Crippen molar-refractivity contribution in [2.24, 2.45) is 0 Å². The maximum absolute atomic E-state index is 13.7. The standard InChI is InChI=1S/C26H24F6N2O/c1-4-24(2,16-13-17(25(27,28)29)15-18(14-16)26(30,31)32)23(35)34(3)22-12-8-6-10-20(22)19-9-5-7-11-21(19)33/h5-15H,4,33H2,1-3H3. The van der Waals surface area contributed by atoms with Gasteiger partial charge in [-0.1, -0.05) is 43.3 Å². The number of halogens is 6. The van der Waals surface area contributed by atoms with Crippen LogP contribution < -0.4 is 10.6 Å². The van der Waals surface area contributed by atoms with Crippen LogP contribution in [0.5, 0.6) is 0 Å². The normalized spacial score (nSPS) is 13.9. The minimum atomic E-state index is -5.02. The summed E-state index contributed by atoms with van der Waals surface area (Å²) >= 11 is 0. The van der Waals surface area contributed by atoms with Crippen LogP contribution in [-0.4, -0.2) is 13.0 Å². The molecule has 2 N–H and O–H groups in total. The highest BCUT2D eigenvalue weighted by atomic mass is 19.4. The lowest BCUT2D eigenvalue weighted by Gasteiger charge is -2.34. The van der Waals surface area contributed by atoms with Gasteiger partial charge in [-0.15, -0.1) is 0 Å². The number of para-hydroxylation sites is 2. The van der Waals surface area contributed by atoms with Crippen molar-refractivity contribution in [2.45, 2.75) is 38.0 Å². The summed E-state index contributed by atoms with van der Waals surface area (Å²) in [6.07, 6.45) is -10.1. The highest BCUT2D eigenvalue weighted by molar-refractivity contribution is 6.04. The maximum Gasteiger partial charge on any atom is 0.416 e. The number of carbonyl (C=O) groups is 1. The molecule has 9 heteroatoms. The zero-order valence-corrected chi connectivity index (χ0v) is 19.3. The van der Waals surface area contributed by atoms with E-state index in [1.807, 2.05) is 0 Å².